The van der Waals surface area contributed by atoms with Crippen molar-refractivity contribution in [3.8, 4) is 0 Å². The van der Waals surface area contributed by atoms with Gasteiger partial charge in [-0.05, 0) is 68.1 Å². The smallest absolute Gasteiger partial charge is 0.195 e. The highest BCUT2D eigenvalue weighted by atomic mass is 19.1. The first kappa shape index (κ1) is 14.3. The van der Waals surface area contributed by atoms with E-state index < -0.39 is 5.82 Å². The van der Waals surface area contributed by atoms with Crippen molar-refractivity contribution in [1.29, 1.82) is 0 Å². The van der Waals surface area contributed by atoms with Gasteiger partial charge < -0.3 is 5.73 Å². The topological polar surface area (TPSA) is 43.1 Å². The molecule has 2 nitrogen and oxygen atoms in total. The first-order valence-electron chi connectivity index (χ1n) is 6.50. The van der Waals surface area contributed by atoms with Gasteiger partial charge in [-0.25, -0.2) is 4.39 Å². The fourth-order valence-electron chi connectivity index (χ4n) is 2.43. The Hall–Kier alpha value is -2.16. The molecule has 0 saturated carbocycles. The highest BCUT2D eigenvalue weighted by molar-refractivity contribution is 6.14. The highest BCUT2D eigenvalue weighted by Crippen LogP contribution is 2.26. The maximum absolute atomic E-state index is 13.1. The van der Waals surface area contributed by atoms with Crippen molar-refractivity contribution in [1.82, 2.24) is 0 Å². The van der Waals surface area contributed by atoms with Crippen LogP contribution in [0.5, 0.6) is 0 Å². The Bertz CT molecular complexity index is 678. The molecule has 0 fully saturated rings. The average Bonchev–Trinajstić information content (AvgIpc) is 2.36. The molecule has 2 aromatic rings. The second-order valence-electron chi connectivity index (χ2n) is 5.20. The maximum Gasteiger partial charge on any atom is 0.195 e. The predicted octanol–water partition coefficient (Wildman–Crippen LogP) is 3.87. The molecule has 2 aromatic carbocycles. The number of rotatable bonds is 2. The molecule has 0 atom stereocenters. The minimum atomic E-state index is -0.437. The zero-order valence-corrected chi connectivity index (χ0v) is 12.2. The number of ketones is 1. The lowest BCUT2D eigenvalue weighted by Crippen LogP contribution is -2.11. The molecular weight excluding hydrogens is 253 g/mol. The summed E-state index contributed by atoms with van der Waals surface area (Å²) in [5, 5.41) is 0. The first-order valence-corrected chi connectivity index (χ1v) is 6.50. The van der Waals surface area contributed by atoms with E-state index in [4.69, 9.17) is 5.73 Å². The van der Waals surface area contributed by atoms with Gasteiger partial charge in [0.05, 0.1) is 0 Å². The molecule has 0 heterocycles. The Morgan fingerprint density at radius 2 is 1.55 bits per heavy atom. The highest BCUT2D eigenvalue weighted by Gasteiger charge is 2.19. The lowest BCUT2D eigenvalue weighted by Gasteiger charge is -2.15. The van der Waals surface area contributed by atoms with Crippen molar-refractivity contribution in [3.63, 3.8) is 0 Å². The summed E-state index contributed by atoms with van der Waals surface area (Å²) in [5.41, 5.74) is 11.0. The van der Waals surface area contributed by atoms with Crippen LogP contribution in [0.3, 0.4) is 0 Å². The van der Waals surface area contributed by atoms with Crippen LogP contribution in [0.4, 0.5) is 10.1 Å². The zero-order chi connectivity index (χ0) is 15.0. The molecule has 0 saturated heterocycles. The molecule has 3 heteroatoms. The molecule has 0 bridgehead atoms. The second kappa shape index (κ2) is 5.08. The molecule has 2 N–H and O–H groups in total. The summed E-state index contributed by atoms with van der Waals surface area (Å²) in [7, 11) is 0. The number of benzene rings is 2. The van der Waals surface area contributed by atoms with Gasteiger partial charge in [-0.1, -0.05) is 6.07 Å². The largest absolute Gasteiger partial charge is 0.398 e. The van der Waals surface area contributed by atoms with Crippen LogP contribution in [0.2, 0.25) is 0 Å². The maximum atomic E-state index is 13.1. The van der Waals surface area contributed by atoms with Crippen LogP contribution in [0, 0.1) is 33.5 Å². The number of halogens is 1. The third-order valence-electron chi connectivity index (χ3n) is 3.85. The molecule has 104 valence electrons. The van der Waals surface area contributed by atoms with Crippen molar-refractivity contribution in [2.24, 2.45) is 0 Å². The second-order valence-corrected chi connectivity index (χ2v) is 5.20. The van der Waals surface area contributed by atoms with Gasteiger partial charge in [0, 0.05) is 16.8 Å². The average molecular weight is 271 g/mol. The van der Waals surface area contributed by atoms with Gasteiger partial charge in [0.2, 0.25) is 0 Å². The van der Waals surface area contributed by atoms with Crippen molar-refractivity contribution in [2.75, 3.05) is 5.73 Å². The molecule has 0 aromatic heterocycles. The Balaban J connectivity index is 2.65. The zero-order valence-electron chi connectivity index (χ0n) is 12.2. The number of hydrogen-bond acceptors (Lipinski definition) is 2. The lowest BCUT2D eigenvalue weighted by atomic mass is 9.89. The first-order chi connectivity index (χ1) is 9.32. The van der Waals surface area contributed by atoms with Crippen LogP contribution in [0.15, 0.2) is 24.3 Å². The van der Waals surface area contributed by atoms with E-state index >= 15 is 0 Å². The standard InChI is InChI=1S/C17H18FNO/c1-9-7-10(2)12(4)16(11(9)3)17(20)14-6-5-13(18)8-15(14)19/h5-8H,19H2,1-4H3. The van der Waals surface area contributed by atoms with E-state index in [-0.39, 0.29) is 11.5 Å². The van der Waals surface area contributed by atoms with E-state index in [1.54, 1.807) is 0 Å². The van der Waals surface area contributed by atoms with E-state index in [9.17, 15) is 9.18 Å². The molecule has 0 aliphatic heterocycles. The summed E-state index contributed by atoms with van der Waals surface area (Å²) in [5.74, 6) is -0.586. The molecular formula is C17H18FNO. The molecule has 0 amide bonds. The van der Waals surface area contributed by atoms with E-state index in [2.05, 4.69) is 6.07 Å². The predicted molar refractivity (Wildman–Crippen MR) is 79.6 cm³/mol. The van der Waals surface area contributed by atoms with Crippen LogP contribution in [-0.2, 0) is 0 Å². The van der Waals surface area contributed by atoms with Gasteiger partial charge in [0.15, 0.2) is 5.78 Å². The molecule has 0 unspecified atom stereocenters. The third kappa shape index (κ3) is 2.31. The van der Waals surface area contributed by atoms with Crippen LogP contribution >= 0.6 is 0 Å². The van der Waals surface area contributed by atoms with Gasteiger partial charge in [0.1, 0.15) is 5.82 Å². The summed E-state index contributed by atoms with van der Waals surface area (Å²) in [6.45, 7) is 7.81. The normalized spacial score (nSPS) is 10.7. The Labute approximate surface area is 118 Å². The molecule has 20 heavy (non-hydrogen) atoms. The quantitative estimate of drug-likeness (QED) is 0.665. The number of carbonyl (C=O) groups excluding carboxylic acids is 1. The van der Waals surface area contributed by atoms with Crippen molar-refractivity contribution < 1.29 is 9.18 Å². The van der Waals surface area contributed by atoms with Gasteiger partial charge in [-0.2, -0.15) is 0 Å². The molecule has 0 aliphatic rings. The van der Waals surface area contributed by atoms with Crippen molar-refractivity contribution >= 4 is 11.5 Å². The number of nitrogen functional groups attached to an aromatic ring is 1. The Morgan fingerprint density at radius 1 is 1.00 bits per heavy atom. The van der Waals surface area contributed by atoms with E-state index in [1.807, 2.05) is 27.7 Å². The van der Waals surface area contributed by atoms with E-state index in [0.29, 0.717) is 11.1 Å². The summed E-state index contributed by atoms with van der Waals surface area (Å²) >= 11 is 0. The summed E-state index contributed by atoms with van der Waals surface area (Å²) in [6.07, 6.45) is 0. The third-order valence-corrected chi connectivity index (χ3v) is 3.85. The Morgan fingerprint density at radius 3 is 2.05 bits per heavy atom. The van der Waals surface area contributed by atoms with Crippen LogP contribution in [0.1, 0.15) is 38.2 Å². The fraction of sp³-hybridized carbons (Fsp3) is 0.235. The Kier molecular flexibility index (Phi) is 3.62. The molecule has 0 radical (unpaired) electrons. The number of anilines is 1. The SMILES string of the molecule is Cc1cc(C)c(C)c(C(=O)c2ccc(F)cc2N)c1C. The number of carbonyl (C=O) groups is 1. The van der Waals surface area contributed by atoms with Gasteiger partial charge in [-0.3, -0.25) is 4.79 Å². The van der Waals surface area contributed by atoms with Crippen molar-refractivity contribution in [3.05, 3.63) is 63.5 Å². The summed E-state index contributed by atoms with van der Waals surface area (Å²) in [6, 6.07) is 5.95. The van der Waals surface area contributed by atoms with E-state index in [0.717, 1.165) is 22.3 Å². The number of hydrogen-bond donors (Lipinski definition) is 1. The van der Waals surface area contributed by atoms with Crippen LogP contribution in [-0.4, -0.2) is 5.78 Å². The van der Waals surface area contributed by atoms with Gasteiger partial charge in [0.25, 0.3) is 0 Å². The summed E-state index contributed by atoms with van der Waals surface area (Å²) < 4.78 is 13.1. The minimum absolute atomic E-state index is 0.149. The monoisotopic (exact) mass is 271 g/mol. The molecule has 0 aliphatic carbocycles. The number of nitrogens with two attached hydrogens (primary N) is 1. The van der Waals surface area contributed by atoms with Crippen LogP contribution in [0.25, 0.3) is 0 Å². The van der Waals surface area contributed by atoms with Crippen LogP contribution < -0.4 is 5.73 Å². The lowest BCUT2D eigenvalue weighted by molar-refractivity contribution is 0.103. The van der Waals surface area contributed by atoms with Gasteiger partial charge >= 0.3 is 0 Å². The molecule has 0 spiro atoms. The minimum Gasteiger partial charge on any atom is -0.398 e. The van der Waals surface area contributed by atoms with E-state index in [1.165, 1.54) is 18.2 Å². The number of aryl methyl sites for hydroxylation is 2. The summed E-state index contributed by atoms with van der Waals surface area (Å²) in [4.78, 5) is 12.7. The van der Waals surface area contributed by atoms with Crippen molar-refractivity contribution in [2.45, 2.75) is 27.7 Å². The molecule has 2 rings (SSSR count). The fourth-order valence-corrected chi connectivity index (χ4v) is 2.43. The van der Waals surface area contributed by atoms with Gasteiger partial charge in [-0.15, -0.1) is 0 Å².